The van der Waals surface area contributed by atoms with Gasteiger partial charge in [0, 0.05) is 0 Å². The van der Waals surface area contributed by atoms with E-state index in [1.165, 1.54) is 0 Å². The molecule has 1 amide bonds. The van der Waals surface area contributed by atoms with Crippen molar-refractivity contribution in [1.82, 2.24) is 0 Å². The van der Waals surface area contributed by atoms with Crippen LogP contribution in [0, 0.1) is 0 Å². The SMILES string of the molecule is C=NC(=O)OC(C)C. The summed E-state index contributed by atoms with van der Waals surface area (Å²) in [6.45, 7) is 6.50. The first kappa shape index (κ1) is 7.14. The van der Waals surface area contributed by atoms with Gasteiger partial charge in [0.05, 0.1) is 6.10 Å². The van der Waals surface area contributed by atoms with Gasteiger partial charge in [-0.2, -0.15) is 4.99 Å². The fourth-order valence-corrected chi connectivity index (χ4v) is 0.239. The normalized spacial score (nSPS) is 8.88. The number of amides is 1. The minimum Gasteiger partial charge on any atom is -0.445 e. The Morgan fingerprint density at radius 3 is 2.38 bits per heavy atom. The molecule has 0 aliphatic rings. The molecule has 0 bridgehead atoms. The highest BCUT2D eigenvalue weighted by Crippen LogP contribution is 1.89. The monoisotopic (exact) mass is 115 g/mol. The van der Waals surface area contributed by atoms with Crippen molar-refractivity contribution in [3.05, 3.63) is 0 Å². The van der Waals surface area contributed by atoms with Gasteiger partial charge in [-0.3, -0.25) is 0 Å². The largest absolute Gasteiger partial charge is 0.445 e. The quantitative estimate of drug-likeness (QED) is 0.482. The average molecular weight is 115 g/mol. The van der Waals surface area contributed by atoms with Gasteiger partial charge in [-0.15, -0.1) is 0 Å². The maximum atomic E-state index is 10.2. The smallest absolute Gasteiger partial charge is 0.433 e. The van der Waals surface area contributed by atoms with Gasteiger partial charge in [0.15, 0.2) is 0 Å². The Labute approximate surface area is 48.4 Å². The summed E-state index contributed by atoms with van der Waals surface area (Å²) in [4.78, 5) is 13.2. The summed E-state index contributed by atoms with van der Waals surface area (Å²) in [5.41, 5.74) is 0. The lowest BCUT2D eigenvalue weighted by Gasteiger charge is -2.01. The van der Waals surface area contributed by atoms with Crippen LogP contribution >= 0.6 is 0 Å². The Balaban J connectivity index is 3.39. The predicted octanol–water partition coefficient (Wildman–Crippen LogP) is 1.23. The third kappa shape index (κ3) is 3.33. The van der Waals surface area contributed by atoms with Crippen molar-refractivity contribution in [2.75, 3.05) is 0 Å². The van der Waals surface area contributed by atoms with Crippen LogP contribution in [-0.2, 0) is 4.74 Å². The van der Waals surface area contributed by atoms with E-state index in [0.29, 0.717) is 0 Å². The second-order valence-electron chi connectivity index (χ2n) is 1.59. The van der Waals surface area contributed by atoms with Crippen LogP contribution < -0.4 is 0 Å². The van der Waals surface area contributed by atoms with Gasteiger partial charge in [0.2, 0.25) is 0 Å². The van der Waals surface area contributed by atoms with E-state index in [0.717, 1.165) is 0 Å². The molecule has 3 heteroatoms. The van der Waals surface area contributed by atoms with E-state index in [-0.39, 0.29) is 6.10 Å². The van der Waals surface area contributed by atoms with Crippen LogP contribution in [0.25, 0.3) is 0 Å². The molecule has 0 unspecified atom stereocenters. The Bertz CT molecular complexity index is 98.6. The topological polar surface area (TPSA) is 38.7 Å². The molecule has 0 saturated heterocycles. The zero-order chi connectivity index (χ0) is 6.57. The second-order valence-corrected chi connectivity index (χ2v) is 1.59. The van der Waals surface area contributed by atoms with Crippen molar-refractivity contribution in [2.24, 2.45) is 4.99 Å². The third-order valence-electron chi connectivity index (χ3n) is 0.466. The molecule has 0 aromatic rings. The lowest BCUT2D eigenvalue weighted by Crippen LogP contribution is -2.06. The van der Waals surface area contributed by atoms with Crippen LogP contribution in [0.4, 0.5) is 4.79 Å². The molecule has 0 N–H and O–H groups in total. The molecular weight excluding hydrogens is 106 g/mol. The number of carbonyl (C=O) groups excluding carboxylic acids is 1. The molecule has 0 rings (SSSR count). The first-order chi connectivity index (χ1) is 3.66. The van der Waals surface area contributed by atoms with E-state index in [4.69, 9.17) is 0 Å². The highest BCUT2D eigenvalue weighted by molar-refractivity contribution is 5.72. The Morgan fingerprint density at radius 2 is 2.25 bits per heavy atom. The van der Waals surface area contributed by atoms with Crippen molar-refractivity contribution in [3.8, 4) is 0 Å². The van der Waals surface area contributed by atoms with Crippen LogP contribution in [0.1, 0.15) is 13.8 Å². The fourth-order valence-electron chi connectivity index (χ4n) is 0.239. The number of carbonyl (C=O) groups is 1. The number of hydrogen-bond donors (Lipinski definition) is 0. The molecule has 0 spiro atoms. The van der Waals surface area contributed by atoms with Crippen LogP contribution in [0.2, 0.25) is 0 Å². The van der Waals surface area contributed by atoms with E-state index < -0.39 is 6.09 Å². The van der Waals surface area contributed by atoms with Crippen LogP contribution in [0.15, 0.2) is 4.99 Å². The van der Waals surface area contributed by atoms with Crippen molar-refractivity contribution in [1.29, 1.82) is 0 Å². The van der Waals surface area contributed by atoms with Gasteiger partial charge in [-0.25, -0.2) is 4.79 Å². The molecule has 46 valence electrons. The maximum Gasteiger partial charge on any atom is 0.433 e. The summed E-state index contributed by atoms with van der Waals surface area (Å²) in [6, 6.07) is 0. The van der Waals surface area contributed by atoms with E-state index in [9.17, 15) is 4.79 Å². The number of hydrogen-bond acceptors (Lipinski definition) is 2. The van der Waals surface area contributed by atoms with Crippen molar-refractivity contribution < 1.29 is 9.53 Å². The molecular formula is C5H9NO2. The number of rotatable bonds is 1. The van der Waals surface area contributed by atoms with Gasteiger partial charge >= 0.3 is 6.09 Å². The molecule has 0 saturated carbocycles. The summed E-state index contributed by atoms with van der Waals surface area (Å²) >= 11 is 0. The molecule has 0 radical (unpaired) electrons. The molecule has 0 atom stereocenters. The van der Waals surface area contributed by atoms with Crippen molar-refractivity contribution >= 4 is 12.8 Å². The molecule has 0 aliphatic carbocycles. The molecule has 0 aromatic carbocycles. The molecule has 0 heterocycles. The van der Waals surface area contributed by atoms with E-state index in [2.05, 4.69) is 16.4 Å². The summed E-state index contributed by atoms with van der Waals surface area (Å²) < 4.78 is 4.53. The fraction of sp³-hybridized carbons (Fsp3) is 0.600. The minimum atomic E-state index is -0.611. The summed E-state index contributed by atoms with van der Waals surface area (Å²) in [5.74, 6) is 0. The molecule has 0 aliphatic heterocycles. The number of aliphatic imine (C=N–C) groups is 1. The van der Waals surface area contributed by atoms with Crippen molar-refractivity contribution in [3.63, 3.8) is 0 Å². The van der Waals surface area contributed by atoms with Gasteiger partial charge in [-0.05, 0) is 20.6 Å². The maximum absolute atomic E-state index is 10.2. The lowest BCUT2D eigenvalue weighted by atomic mass is 10.5. The lowest BCUT2D eigenvalue weighted by molar-refractivity contribution is 0.126. The number of ether oxygens (including phenoxy) is 1. The summed E-state index contributed by atoms with van der Waals surface area (Å²) in [7, 11) is 0. The van der Waals surface area contributed by atoms with Gasteiger partial charge < -0.3 is 4.74 Å². The predicted molar refractivity (Wildman–Crippen MR) is 31.2 cm³/mol. The first-order valence-corrected chi connectivity index (χ1v) is 2.34. The van der Waals surface area contributed by atoms with Crippen LogP contribution in [0.3, 0.4) is 0 Å². The van der Waals surface area contributed by atoms with E-state index in [1.54, 1.807) is 13.8 Å². The summed E-state index contributed by atoms with van der Waals surface area (Å²) in [5, 5.41) is 0. The molecule has 0 fully saturated rings. The summed E-state index contributed by atoms with van der Waals surface area (Å²) in [6.07, 6.45) is -0.715. The van der Waals surface area contributed by atoms with Crippen LogP contribution in [0.5, 0.6) is 0 Å². The highest BCUT2D eigenvalue weighted by atomic mass is 16.6. The Morgan fingerprint density at radius 1 is 1.75 bits per heavy atom. The zero-order valence-corrected chi connectivity index (χ0v) is 5.05. The van der Waals surface area contributed by atoms with Gasteiger partial charge in [0.25, 0.3) is 0 Å². The molecule has 0 aromatic heterocycles. The molecule has 8 heavy (non-hydrogen) atoms. The standard InChI is InChI=1S/C5H9NO2/c1-4(2)8-5(7)6-3/h4H,3H2,1-2H3. The Hall–Kier alpha value is -0.860. The Kier molecular flexibility index (Phi) is 2.84. The van der Waals surface area contributed by atoms with Gasteiger partial charge in [0.1, 0.15) is 0 Å². The van der Waals surface area contributed by atoms with Crippen LogP contribution in [-0.4, -0.2) is 18.9 Å². The average Bonchev–Trinajstić information content (AvgIpc) is 1.65. The number of nitrogens with zero attached hydrogens (tertiary/aromatic N) is 1. The zero-order valence-electron chi connectivity index (χ0n) is 5.05. The molecule has 3 nitrogen and oxygen atoms in total. The second kappa shape index (κ2) is 3.18. The first-order valence-electron chi connectivity index (χ1n) is 2.34. The van der Waals surface area contributed by atoms with E-state index in [1.807, 2.05) is 0 Å². The van der Waals surface area contributed by atoms with Crippen molar-refractivity contribution in [2.45, 2.75) is 20.0 Å². The third-order valence-corrected chi connectivity index (χ3v) is 0.466. The van der Waals surface area contributed by atoms with Gasteiger partial charge in [-0.1, -0.05) is 0 Å². The van der Waals surface area contributed by atoms with E-state index >= 15 is 0 Å². The highest BCUT2D eigenvalue weighted by Gasteiger charge is 1.97. The minimum absolute atomic E-state index is 0.104.